The molecule has 0 radical (unpaired) electrons. The highest BCUT2D eigenvalue weighted by Gasteiger charge is 2.52. The molecule has 2 aliphatic heterocycles. The molecule has 0 aromatic heterocycles. The van der Waals surface area contributed by atoms with E-state index in [0.29, 0.717) is 11.4 Å². The van der Waals surface area contributed by atoms with Gasteiger partial charge < -0.3 is 30.2 Å². The molecule has 6 aromatic rings. The van der Waals surface area contributed by atoms with E-state index in [-0.39, 0.29) is 23.0 Å². The van der Waals surface area contributed by atoms with Crippen LogP contribution >= 0.6 is 0 Å². The van der Waals surface area contributed by atoms with Crippen LogP contribution in [0.4, 0.5) is 34.1 Å². The molecule has 8 rings (SSSR count). The molecular weight excluding hydrogens is 536 g/mol. The van der Waals surface area contributed by atoms with E-state index in [0.717, 1.165) is 45.0 Å². The van der Waals surface area contributed by atoms with Crippen LogP contribution in [0.3, 0.4) is 0 Å². The van der Waals surface area contributed by atoms with Gasteiger partial charge in [-0.1, -0.05) is 72.8 Å². The molecule has 6 nitrogen and oxygen atoms in total. The van der Waals surface area contributed by atoms with Crippen molar-refractivity contribution in [2.75, 3.05) is 9.80 Å². The average molecular weight is 563 g/mol. The number of para-hydroxylation sites is 4. The van der Waals surface area contributed by atoms with Gasteiger partial charge in [0.2, 0.25) is 0 Å². The third-order valence-corrected chi connectivity index (χ3v) is 8.60. The van der Waals surface area contributed by atoms with E-state index in [2.05, 4.69) is 21.9 Å². The lowest BCUT2D eigenvalue weighted by molar-refractivity contribution is 0.401. The minimum atomic E-state index is -1.05. The Morgan fingerprint density at radius 2 is 0.698 bits per heavy atom. The van der Waals surface area contributed by atoms with Crippen LogP contribution in [0.5, 0.6) is 23.0 Å². The normalized spacial score (nSPS) is 14.0. The second kappa shape index (κ2) is 9.06. The van der Waals surface area contributed by atoms with Crippen LogP contribution < -0.4 is 9.80 Å². The summed E-state index contributed by atoms with van der Waals surface area (Å²) in [6.45, 7) is 0. The Balaban J connectivity index is 1.58. The van der Waals surface area contributed by atoms with Crippen molar-refractivity contribution < 1.29 is 20.4 Å². The van der Waals surface area contributed by atoms with Gasteiger partial charge in [-0.3, -0.25) is 0 Å². The Morgan fingerprint density at radius 3 is 1.12 bits per heavy atom. The Bertz CT molecular complexity index is 1890. The van der Waals surface area contributed by atoms with Gasteiger partial charge in [0.05, 0.1) is 28.2 Å². The number of hydrogen-bond donors (Lipinski definition) is 4. The summed E-state index contributed by atoms with van der Waals surface area (Å²) in [4.78, 5) is 4.17. The molecule has 0 bridgehead atoms. The lowest BCUT2D eigenvalue weighted by Crippen LogP contribution is -2.42. The van der Waals surface area contributed by atoms with Gasteiger partial charge in [-0.05, 0) is 70.8 Å². The summed E-state index contributed by atoms with van der Waals surface area (Å²) in [7, 11) is 0. The second-order valence-corrected chi connectivity index (χ2v) is 10.8. The van der Waals surface area contributed by atoms with E-state index >= 15 is 0 Å². The fourth-order valence-corrected chi connectivity index (χ4v) is 6.91. The summed E-state index contributed by atoms with van der Waals surface area (Å²) >= 11 is 0. The Kier molecular flexibility index (Phi) is 5.24. The zero-order valence-corrected chi connectivity index (χ0v) is 22.9. The second-order valence-electron chi connectivity index (χ2n) is 10.8. The number of nitrogens with zero attached hydrogens (tertiary/aromatic N) is 2. The van der Waals surface area contributed by atoms with E-state index < -0.39 is 5.41 Å². The van der Waals surface area contributed by atoms with Crippen molar-refractivity contribution in [1.82, 2.24) is 0 Å². The van der Waals surface area contributed by atoms with Gasteiger partial charge in [-0.2, -0.15) is 0 Å². The summed E-state index contributed by atoms with van der Waals surface area (Å²) in [6.07, 6.45) is 0. The van der Waals surface area contributed by atoms with Crippen LogP contribution in [0, 0.1) is 0 Å². The molecule has 43 heavy (non-hydrogen) atoms. The maximum Gasteiger partial charge on any atom is 0.159 e. The predicted octanol–water partition coefficient (Wildman–Crippen LogP) is 8.46. The zero-order chi connectivity index (χ0) is 29.3. The van der Waals surface area contributed by atoms with E-state index in [9.17, 15) is 20.4 Å². The van der Waals surface area contributed by atoms with Crippen molar-refractivity contribution in [2.45, 2.75) is 5.41 Å². The summed E-state index contributed by atoms with van der Waals surface area (Å²) in [6, 6.07) is 42.4. The van der Waals surface area contributed by atoms with E-state index in [1.54, 1.807) is 24.3 Å². The largest absolute Gasteiger partial charge is 0.504 e. The van der Waals surface area contributed by atoms with Gasteiger partial charge >= 0.3 is 0 Å². The molecule has 0 amide bonds. The summed E-state index contributed by atoms with van der Waals surface area (Å²) < 4.78 is 0. The van der Waals surface area contributed by atoms with Gasteiger partial charge in [-0.15, -0.1) is 0 Å². The zero-order valence-electron chi connectivity index (χ0n) is 22.9. The molecule has 6 aromatic carbocycles. The molecule has 0 saturated heterocycles. The minimum absolute atomic E-state index is 0.238. The quantitative estimate of drug-likeness (QED) is 0.158. The van der Waals surface area contributed by atoms with Crippen molar-refractivity contribution in [3.05, 3.63) is 156 Å². The molecule has 0 aliphatic carbocycles. The molecule has 0 saturated carbocycles. The first kappa shape index (κ1) is 24.9. The van der Waals surface area contributed by atoms with Crippen LogP contribution in [0.25, 0.3) is 0 Å². The fraction of sp³-hybridized carbons (Fsp3) is 0.0270. The molecule has 1 spiro atoms. The monoisotopic (exact) mass is 562 g/mol. The number of fused-ring (bicyclic) bond motifs is 8. The van der Waals surface area contributed by atoms with Gasteiger partial charge in [-0.25, -0.2) is 0 Å². The van der Waals surface area contributed by atoms with Crippen molar-refractivity contribution in [1.29, 1.82) is 0 Å². The molecule has 2 heterocycles. The first-order chi connectivity index (χ1) is 21.0. The SMILES string of the molecule is Oc1cc2c(cc1O)C1(c3ccccc3N2c2ccccc2)c2ccccc2N(c2ccccc2)c2cc(O)c(O)cc21. The highest BCUT2D eigenvalue weighted by molar-refractivity contribution is 5.97. The third-order valence-electron chi connectivity index (χ3n) is 8.60. The van der Waals surface area contributed by atoms with E-state index in [1.807, 2.05) is 97.1 Å². The predicted molar refractivity (Wildman–Crippen MR) is 168 cm³/mol. The first-order valence-electron chi connectivity index (χ1n) is 14.0. The summed E-state index contributed by atoms with van der Waals surface area (Å²) in [5.74, 6) is -0.980. The molecule has 0 fully saturated rings. The summed E-state index contributed by atoms with van der Waals surface area (Å²) in [5.41, 5.74) is 7.13. The smallest absolute Gasteiger partial charge is 0.159 e. The third kappa shape index (κ3) is 3.35. The molecule has 4 N–H and O–H groups in total. The highest BCUT2D eigenvalue weighted by atomic mass is 16.3. The van der Waals surface area contributed by atoms with Crippen LogP contribution in [-0.2, 0) is 5.41 Å². The Labute approximate surface area is 248 Å². The van der Waals surface area contributed by atoms with Crippen LogP contribution in [0.2, 0.25) is 0 Å². The van der Waals surface area contributed by atoms with E-state index in [1.165, 1.54) is 0 Å². The van der Waals surface area contributed by atoms with Gasteiger partial charge in [0.1, 0.15) is 0 Å². The highest BCUT2D eigenvalue weighted by Crippen LogP contribution is 2.65. The Hall–Kier alpha value is -5.88. The number of rotatable bonds is 2. The molecule has 6 heteroatoms. The van der Waals surface area contributed by atoms with Gasteiger partial charge in [0.15, 0.2) is 23.0 Å². The lowest BCUT2D eigenvalue weighted by atomic mass is 9.60. The van der Waals surface area contributed by atoms with Crippen molar-refractivity contribution >= 4 is 34.1 Å². The molecular formula is C37H26N2O4. The Morgan fingerprint density at radius 1 is 0.349 bits per heavy atom. The number of anilines is 6. The van der Waals surface area contributed by atoms with Crippen LogP contribution in [-0.4, -0.2) is 20.4 Å². The maximum absolute atomic E-state index is 11.1. The molecule has 0 unspecified atom stereocenters. The molecule has 208 valence electrons. The number of aromatic hydroxyl groups is 4. The van der Waals surface area contributed by atoms with Crippen LogP contribution in [0.1, 0.15) is 22.3 Å². The van der Waals surface area contributed by atoms with Crippen LogP contribution in [0.15, 0.2) is 133 Å². The lowest BCUT2D eigenvalue weighted by Gasteiger charge is -2.51. The average Bonchev–Trinajstić information content (AvgIpc) is 3.04. The van der Waals surface area contributed by atoms with Crippen molar-refractivity contribution in [2.24, 2.45) is 0 Å². The topological polar surface area (TPSA) is 87.4 Å². The number of phenols is 4. The van der Waals surface area contributed by atoms with Crippen molar-refractivity contribution in [3.8, 4) is 23.0 Å². The van der Waals surface area contributed by atoms with Crippen molar-refractivity contribution in [3.63, 3.8) is 0 Å². The van der Waals surface area contributed by atoms with Gasteiger partial charge in [0.25, 0.3) is 0 Å². The summed E-state index contributed by atoms with van der Waals surface area (Å²) in [5, 5.41) is 43.9. The molecule has 0 atom stereocenters. The minimum Gasteiger partial charge on any atom is -0.504 e. The first-order valence-corrected chi connectivity index (χ1v) is 14.0. The number of benzene rings is 6. The van der Waals surface area contributed by atoms with Gasteiger partial charge in [0, 0.05) is 23.5 Å². The fourth-order valence-electron chi connectivity index (χ4n) is 6.91. The molecule has 2 aliphatic rings. The maximum atomic E-state index is 11.1. The number of phenolic OH excluding ortho intramolecular Hbond substituents is 4. The van der Waals surface area contributed by atoms with E-state index in [4.69, 9.17) is 0 Å². The standard InChI is InChI=1S/C37H26N2O4/c40-33-19-27-31(21-35(33)42)38(23-11-3-1-4-12-23)29-17-9-7-15-25(29)37(27)26-16-8-10-18-30(26)39(24-13-5-2-6-14-24)32-22-36(43)34(41)20-28(32)37/h1-22,40-43H. The number of hydrogen-bond acceptors (Lipinski definition) is 6.